The predicted octanol–water partition coefficient (Wildman–Crippen LogP) is 2.86. The van der Waals surface area contributed by atoms with E-state index < -0.39 is 11.7 Å². The average molecular weight is 273 g/mol. The lowest BCUT2D eigenvalue weighted by Crippen LogP contribution is -2.19. The summed E-state index contributed by atoms with van der Waals surface area (Å²) in [6.45, 7) is 3.31. The Hall–Kier alpha value is -1.13. The SMILES string of the molecule is CCCCCNCc1ccc(Cl)c(C(N)=O)c1F. The first-order valence-electron chi connectivity index (χ1n) is 6.05. The molecule has 0 aliphatic carbocycles. The van der Waals surface area contributed by atoms with Gasteiger partial charge in [-0.1, -0.05) is 37.4 Å². The van der Waals surface area contributed by atoms with Crippen LogP contribution in [-0.4, -0.2) is 12.5 Å². The highest BCUT2D eigenvalue weighted by Gasteiger charge is 2.16. The number of carbonyl (C=O) groups is 1. The highest BCUT2D eigenvalue weighted by molar-refractivity contribution is 6.33. The van der Waals surface area contributed by atoms with Crippen LogP contribution >= 0.6 is 11.6 Å². The number of halogens is 2. The summed E-state index contributed by atoms with van der Waals surface area (Å²) in [4.78, 5) is 11.1. The molecule has 0 saturated carbocycles. The lowest BCUT2D eigenvalue weighted by Gasteiger charge is -2.09. The molecule has 18 heavy (non-hydrogen) atoms. The minimum Gasteiger partial charge on any atom is -0.365 e. The molecule has 0 bridgehead atoms. The van der Waals surface area contributed by atoms with E-state index in [0.717, 1.165) is 25.8 Å². The minimum absolute atomic E-state index is 0.0507. The summed E-state index contributed by atoms with van der Waals surface area (Å²) < 4.78 is 13.9. The predicted molar refractivity (Wildman–Crippen MR) is 71.2 cm³/mol. The first-order chi connectivity index (χ1) is 8.57. The van der Waals surface area contributed by atoms with Gasteiger partial charge in [0.1, 0.15) is 5.82 Å². The number of carbonyl (C=O) groups excluding carboxylic acids is 1. The maximum atomic E-state index is 13.9. The minimum atomic E-state index is -0.842. The van der Waals surface area contributed by atoms with Crippen LogP contribution in [0.5, 0.6) is 0 Å². The molecule has 0 unspecified atom stereocenters. The van der Waals surface area contributed by atoms with Gasteiger partial charge in [-0.3, -0.25) is 4.79 Å². The van der Waals surface area contributed by atoms with Gasteiger partial charge in [0.15, 0.2) is 0 Å². The number of primary amides is 1. The Morgan fingerprint density at radius 3 is 2.78 bits per heavy atom. The van der Waals surface area contributed by atoms with Gasteiger partial charge >= 0.3 is 0 Å². The zero-order chi connectivity index (χ0) is 13.5. The molecule has 100 valence electrons. The molecule has 1 rings (SSSR count). The number of rotatable bonds is 7. The fourth-order valence-electron chi connectivity index (χ4n) is 1.68. The first-order valence-corrected chi connectivity index (χ1v) is 6.43. The second kappa shape index (κ2) is 7.34. The maximum absolute atomic E-state index is 13.9. The lowest BCUT2D eigenvalue weighted by atomic mass is 10.1. The molecule has 0 radical (unpaired) electrons. The number of unbranched alkanes of at least 4 members (excludes halogenated alkanes) is 2. The summed E-state index contributed by atoms with van der Waals surface area (Å²) in [6.07, 6.45) is 3.33. The normalized spacial score (nSPS) is 10.6. The Morgan fingerprint density at radius 2 is 2.17 bits per heavy atom. The molecule has 1 aromatic rings. The van der Waals surface area contributed by atoms with Crippen molar-refractivity contribution in [3.8, 4) is 0 Å². The Morgan fingerprint density at radius 1 is 1.44 bits per heavy atom. The molecule has 0 saturated heterocycles. The summed E-state index contributed by atoms with van der Waals surface area (Å²) in [5.74, 6) is -1.47. The number of hydrogen-bond donors (Lipinski definition) is 2. The Labute approximate surface area is 112 Å². The van der Waals surface area contributed by atoms with Crippen LogP contribution in [0, 0.1) is 5.82 Å². The van der Waals surface area contributed by atoms with E-state index in [1.54, 1.807) is 6.07 Å². The Balaban J connectivity index is 2.67. The molecule has 1 aromatic carbocycles. The van der Waals surface area contributed by atoms with Gasteiger partial charge in [-0.05, 0) is 19.0 Å². The van der Waals surface area contributed by atoms with Gasteiger partial charge in [0, 0.05) is 12.1 Å². The van der Waals surface area contributed by atoms with Gasteiger partial charge in [0.05, 0.1) is 10.6 Å². The van der Waals surface area contributed by atoms with Crippen molar-refractivity contribution >= 4 is 17.5 Å². The lowest BCUT2D eigenvalue weighted by molar-refractivity contribution is 0.0996. The third kappa shape index (κ3) is 3.96. The summed E-state index contributed by atoms with van der Waals surface area (Å²) in [5.41, 5.74) is 5.27. The van der Waals surface area contributed by atoms with E-state index in [1.807, 2.05) is 0 Å². The smallest absolute Gasteiger partial charge is 0.253 e. The van der Waals surface area contributed by atoms with Crippen molar-refractivity contribution in [3.05, 3.63) is 34.1 Å². The zero-order valence-corrected chi connectivity index (χ0v) is 11.2. The molecule has 3 N–H and O–H groups in total. The quantitative estimate of drug-likeness (QED) is 0.750. The molecule has 1 amide bonds. The van der Waals surface area contributed by atoms with E-state index >= 15 is 0 Å². The van der Waals surface area contributed by atoms with Crippen LogP contribution in [0.1, 0.15) is 42.1 Å². The molecule has 0 spiro atoms. The Bertz CT molecular complexity index is 424. The molecular formula is C13H18ClFN2O. The van der Waals surface area contributed by atoms with Crippen molar-refractivity contribution in [2.45, 2.75) is 32.7 Å². The highest BCUT2D eigenvalue weighted by atomic mass is 35.5. The highest BCUT2D eigenvalue weighted by Crippen LogP contribution is 2.21. The molecular weight excluding hydrogens is 255 g/mol. The number of hydrogen-bond acceptors (Lipinski definition) is 2. The third-order valence-electron chi connectivity index (χ3n) is 2.69. The van der Waals surface area contributed by atoms with Crippen LogP contribution in [0.2, 0.25) is 5.02 Å². The van der Waals surface area contributed by atoms with Gasteiger partial charge in [-0.25, -0.2) is 4.39 Å². The van der Waals surface area contributed by atoms with E-state index in [-0.39, 0.29) is 10.6 Å². The van der Waals surface area contributed by atoms with Gasteiger partial charge in [0.2, 0.25) is 0 Å². The third-order valence-corrected chi connectivity index (χ3v) is 3.01. The largest absolute Gasteiger partial charge is 0.365 e. The van der Waals surface area contributed by atoms with Gasteiger partial charge < -0.3 is 11.1 Å². The molecule has 0 aromatic heterocycles. The standard InChI is InChI=1S/C13H18ClFN2O/c1-2-3-4-7-17-8-9-5-6-10(14)11(12(9)15)13(16)18/h5-6,17H,2-4,7-8H2,1H3,(H2,16,18). The van der Waals surface area contributed by atoms with Crippen LogP contribution in [0.4, 0.5) is 4.39 Å². The average Bonchev–Trinajstić information content (AvgIpc) is 2.31. The van der Waals surface area contributed by atoms with Crippen LogP contribution in [0.15, 0.2) is 12.1 Å². The monoisotopic (exact) mass is 272 g/mol. The second-order valence-electron chi connectivity index (χ2n) is 4.14. The molecule has 0 fully saturated rings. The molecule has 5 heteroatoms. The van der Waals surface area contributed by atoms with Crippen LogP contribution in [0.25, 0.3) is 0 Å². The molecule has 0 atom stereocenters. The van der Waals surface area contributed by atoms with Gasteiger partial charge in [-0.15, -0.1) is 0 Å². The zero-order valence-electron chi connectivity index (χ0n) is 10.4. The number of nitrogens with two attached hydrogens (primary N) is 1. The fraction of sp³-hybridized carbons (Fsp3) is 0.462. The van der Waals surface area contributed by atoms with E-state index in [1.165, 1.54) is 6.07 Å². The van der Waals surface area contributed by atoms with Crippen molar-refractivity contribution < 1.29 is 9.18 Å². The molecule has 3 nitrogen and oxygen atoms in total. The van der Waals surface area contributed by atoms with Crippen LogP contribution < -0.4 is 11.1 Å². The summed E-state index contributed by atoms with van der Waals surface area (Å²) >= 11 is 5.74. The molecule has 0 aliphatic rings. The summed E-state index contributed by atoms with van der Waals surface area (Å²) in [6, 6.07) is 3.06. The van der Waals surface area contributed by atoms with Crippen molar-refractivity contribution in [2.24, 2.45) is 5.73 Å². The first kappa shape index (κ1) is 14.9. The fourth-order valence-corrected chi connectivity index (χ4v) is 1.92. The topological polar surface area (TPSA) is 55.1 Å². The van der Waals surface area contributed by atoms with Gasteiger partial charge in [-0.2, -0.15) is 0 Å². The van der Waals surface area contributed by atoms with E-state index in [4.69, 9.17) is 17.3 Å². The number of amides is 1. The van der Waals surface area contributed by atoms with Crippen molar-refractivity contribution in [2.75, 3.05) is 6.54 Å². The maximum Gasteiger partial charge on any atom is 0.253 e. The summed E-state index contributed by atoms with van der Waals surface area (Å²) in [7, 11) is 0. The van der Waals surface area contributed by atoms with Crippen molar-refractivity contribution in [3.63, 3.8) is 0 Å². The van der Waals surface area contributed by atoms with Crippen LogP contribution in [-0.2, 0) is 6.54 Å². The molecule has 0 heterocycles. The summed E-state index contributed by atoms with van der Waals surface area (Å²) in [5, 5.41) is 3.18. The number of nitrogens with one attached hydrogen (secondary N) is 1. The Kier molecular flexibility index (Phi) is 6.09. The van der Waals surface area contributed by atoms with Gasteiger partial charge in [0.25, 0.3) is 5.91 Å². The number of benzene rings is 1. The van der Waals surface area contributed by atoms with Crippen molar-refractivity contribution in [1.82, 2.24) is 5.32 Å². The van der Waals surface area contributed by atoms with E-state index in [2.05, 4.69) is 12.2 Å². The second-order valence-corrected chi connectivity index (χ2v) is 4.55. The van der Waals surface area contributed by atoms with E-state index in [9.17, 15) is 9.18 Å². The molecule has 0 aliphatic heterocycles. The van der Waals surface area contributed by atoms with Crippen LogP contribution in [0.3, 0.4) is 0 Å². The van der Waals surface area contributed by atoms with E-state index in [0.29, 0.717) is 12.1 Å². The van der Waals surface area contributed by atoms with Crippen molar-refractivity contribution in [1.29, 1.82) is 0 Å².